The Balaban J connectivity index is 1.44. The Bertz CT molecular complexity index is 933. The van der Waals surface area contributed by atoms with Gasteiger partial charge in [-0.05, 0) is 47.2 Å². The lowest BCUT2D eigenvalue weighted by atomic mass is 10.0. The first-order valence-electron chi connectivity index (χ1n) is 9.95. The van der Waals surface area contributed by atoms with Crippen molar-refractivity contribution >= 4 is 23.4 Å². The van der Waals surface area contributed by atoms with Crippen LogP contribution in [0.3, 0.4) is 0 Å². The molecule has 1 fully saturated rings. The average Bonchev–Trinajstić information content (AvgIpc) is 3.39. The number of hydrogen-bond donors (Lipinski definition) is 3. The van der Waals surface area contributed by atoms with Crippen molar-refractivity contribution in [2.24, 2.45) is 5.73 Å². The number of halogens is 1. The van der Waals surface area contributed by atoms with Crippen molar-refractivity contribution in [3.05, 3.63) is 69.7 Å². The molecule has 2 heterocycles. The van der Waals surface area contributed by atoms with Crippen molar-refractivity contribution in [3.8, 4) is 0 Å². The minimum Gasteiger partial charge on any atom is -0.350 e. The molecule has 4 rings (SSSR count). The monoisotopic (exact) mass is 412 g/mol. The van der Waals surface area contributed by atoms with Gasteiger partial charge in [0.15, 0.2) is 0 Å². The second-order valence-corrected chi connectivity index (χ2v) is 7.97. The van der Waals surface area contributed by atoms with Crippen LogP contribution >= 0.6 is 11.6 Å². The lowest BCUT2D eigenvalue weighted by Gasteiger charge is -2.27. The Morgan fingerprint density at radius 3 is 2.86 bits per heavy atom. The standard InChI is InChI=1S/C22H25ClN4O2/c23-17-8-7-14(11-24)16(10-17)13-26-21(28)19-6-3-9-27(19)22(29)20-18-5-2-1-4-15(18)12-25-20/h1-2,4-5,7-8,10,19-20,25H,3,6,9,11-13,24H2,(H,26,28)/t19-,20?/m0/s1. The van der Waals surface area contributed by atoms with Gasteiger partial charge in [0.05, 0.1) is 0 Å². The number of likely N-dealkylation sites (tertiary alicyclic amines) is 1. The molecule has 2 amide bonds. The lowest BCUT2D eigenvalue weighted by molar-refractivity contribution is -0.140. The fourth-order valence-electron chi connectivity index (χ4n) is 4.25. The molecule has 2 aromatic rings. The van der Waals surface area contributed by atoms with E-state index in [1.54, 1.807) is 11.0 Å². The van der Waals surface area contributed by atoms with E-state index in [0.717, 1.165) is 28.7 Å². The molecule has 0 aromatic heterocycles. The summed E-state index contributed by atoms with van der Waals surface area (Å²) in [7, 11) is 0. The van der Waals surface area contributed by atoms with Crippen LogP contribution in [0.1, 0.15) is 41.1 Å². The molecule has 7 heteroatoms. The van der Waals surface area contributed by atoms with E-state index in [2.05, 4.69) is 10.6 Å². The van der Waals surface area contributed by atoms with E-state index in [0.29, 0.717) is 37.6 Å². The van der Waals surface area contributed by atoms with Gasteiger partial charge in [-0.3, -0.25) is 14.9 Å². The fraction of sp³-hybridized carbons (Fsp3) is 0.364. The zero-order valence-corrected chi connectivity index (χ0v) is 16.9. The molecular formula is C22H25ClN4O2. The highest BCUT2D eigenvalue weighted by Gasteiger charge is 2.39. The van der Waals surface area contributed by atoms with Crippen LogP contribution in [0.5, 0.6) is 0 Å². The van der Waals surface area contributed by atoms with E-state index in [1.165, 1.54) is 0 Å². The summed E-state index contributed by atoms with van der Waals surface area (Å²) in [6, 6.07) is 12.6. The van der Waals surface area contributed by atoms with Crippen LogP contribution in [0.4, 0.5) is 0 Å². The van der Waals surface area contributed by atoms with Gasteiger partial charge in [-0.25, -0.2) is 0 Å². The molecule has 1 unspecified atom stereocenters. The minimum atomic E-state index is -0.447. The molecule has 29 heavy (non-hydrogen) atoms. The number of nitrogens with two attached hydrogens (primary N) is 1. The minimum absolute atomic E-state index is 0.0296. The van der Waals surface area contributed by atoms with Gasteiger partial charge in [0.25, 0.3) is 0 Å². The summed E-state index contributed by atoms with van der Waals surface area (Å²) in [5, 5.41) is 6.86. The van der Waals surface area contributed by atoms with Gasteiger partial charge in [-0.2, -0.15) is 0 Å². The zero-order valence-electron chi connectivity index (χ0n) is 16.2. The largest absolute Gasteiger partial charge is 0.350 e. The van der Waals surface area contributed by atoms with E-state index in [-0.39, 0.29) is 17.9 Å². The second-order valence-electron chi connectivity index (χ2n) is 7.54. The van der Waals surface area contributed by atoms with E-state index >= 15 is 0 Å². The SMILES string of the molecule is NCc1ccc(Cl)cc1CNC(=O)[C@@H]1CCCN1C(=O)C1NCc2ccccc21. The lowest BCUT2D eigenvalue weighted by Crippen LogP contribution is -2.48. The number of carbonyl (C=O) groups excluding carboxylic acids is 2. The Kier molecular flexibility index (Phi) is 5.85. The third kappa shape index (κ3) is 4.01. The number of amides is 2. The van der Waals surface area contributed by atoms with Gasteiger partial charge in [0, 0.05) is 31.2 Å². The highest BCUT2D eigenvalue weighted by molar-refractivity contribution is 6.30. The third-order valence-corrected chi connectivity index (χ3v) is 6.02. The Morgan fingerprint density at radius 1 is 1.21 bits per heavy atom. The average molecular weight is 413 g/mol. The topological polar surface area (TPSA) is 87.5 Å². The molecule has 2 aliphatic rings. The fourth-order valence-corrected chi connectivity index (χ4v) is 4.44. The van der Waals surface area contributed by atoms with Crippen LogP contribution < -0.4 is 16.4 Å². The summed E-state index contributed by atoms with van der Waals surface area (Å²) < 4.78 is 0. The van der Waals surface area contributed by atoms with Crippen molar-refractivity contribution in [3.63, 3.8) is 0 Å². The maximum atomic E-state index is 13.2. The first kappa shape index (κ1) is 19.9. The summed E-state index contributed by atoms with van der Waals surface area (Å²) in [5.74, 6) is -0.164. The first-order chi connectivity index (χ1) is 14.1. The molecule has 152 valence electrons. The molecule has 2 atom stereocenters. The quantitative estimate of drug-likeness (QED) is 0.702. The smallest absolute Gasteiger partial charge is 0.245 e. The van der Waals surface area contributed by atoms with Gasteiger partial charge in [0.1, 0.15) is 12.1 Å². The molecule has 2 aliphatic heterocycles. The van der Waals surface area contributed by atoms with Crippen LogP contribution in [-0.4, -0.2) is 29.3 Å². The normalized spacial score (nSPS) is 20.6. The highest BCUT2D eigenvalue weighted by atomic mass is 35.5. The van der Waals surface area contributed by atoms with Crippen molar-refractivity contribution in [1.82, 2.24) is 15.5 Å². The predicted molar refractivity (Wildman–Crippen MR) is 112 cm³/mol. The molecule has 1 saturated heterocycles. The molecular weight excluding hydrogens is 388 g/mol. The Morgan fingerprint density at radius 2 is 2.03 bits per heavy atom. The van der Waals surface area contributed by atoms with Gasteiger partial charge >= 0.3 is 0 Å². The van der Waals surface area contributed by atoms with Crippen molar-refractivity contribution in [1.29, 1.82) is 0 Å². The summed E-state index contributed by atoms with van der Waals surface area (Å²) >= 11 is 6.08. The Labute approximate surface area is 175 Å². The van der Waals surface area contributed by atoms with Gasteiger partial charge in [-0.15, -0.1) is 0 Å². The number of carbonyl (C=O) groups is 2. The number of nitrogens with one attached hydrogen (secondary N) is 2. The number of benzene rings is 2. The van der Waals surface area contributed by atoms with Crippen LogP contribution in [0.2, 0.25) is 5.02 Å². The molecule has 0 spiro atoms. The molecule has 2 aromatic carbocycles. The molecule has 0 saturated carbocycles. The summed E-state index contributed by atoms with van der Waals surface area (Å²) in [6.07, 6.45) is 1.49. The Hall–Kier alpha value is -2.41. The zero-order chi connectivity index (χ0) is 20.4. The predicted octanol–water partition coefficient (Wildman–Crippen LogP) is 2.25. The summed E-state index contributed by atoms with van der Waals surface area (Å²) in [4.78, 5) is 27.8. The molecule has 0 bridgehead atoms. The van der Waals surface area contributed by atoms with Gasteiger partial charge < -0.3 is 16.0 Å². The van der Waals surface area contributed by atoms with Crippen LogP contribution in [-0.2, 0) is 29.2 Å². The molecule has 4 N–H and O–H groups in total. The van der Waals surface area contributed by atoms with Crippen molar-refractivity contribution in [2.75, 3.05) is 6.54 Å². The highest BCUT2D eigenvalue weighted by Crippen LogP contribution is 2.29. The van der Waals surface area contributed by atoms with Crippen molar-refractivity contribution in [2.45, 2.75) is 44.6 Å². The first-order valence-corrected chi connectivity index (χ1v) is 10.3. The number of hydrogen-bond acceptors (Lipinski definition) is 4. The molecule has 6 nitrogen and oxygen atoms in total. The number of fused-ring (bicyclic) bond motifs is 1. The third-order valence-electron chi connectivity index (χ3n) is 5.79. The second kappa shape index (κ2) is 8.53. The molecule has 0 radical (unpaired) electrons. The van der Waals surface area contributed by atoms with Gasteiger partial charge in [0.2, 0.25) is 11.8 Å². The summed E-state index contributed by atoms with van der Waals surface area (Å²) in [6.45, 7) is 1.99. The van der Waals surface area contributed by atoms with Crippen LogP contribution in [0.25, 0.3) is 0 Å². The maximum Gasteiger partial charge on any atom is 0.245 e. The van der Waals surface area contributed by atoms with Crippen LogP contribution in [0, 0.1) is 0 Å². The van der Waals surface area contributed by atoms with E-state index < -0.39 is 6.04 Å². The number of rotatable bonds is 5. The van der Waals surface area contributed by atoms with Gasteiger partial charge in [-0.1, -0.05) is 41.9 Å². The summed E-state index contributed by atoms with van der Waals surface area (Å²) in [5.41, 5.74) is 9.78. The molecule has 0 aliphatic carbocycles. The van der Waals surface area contributed by atoms with E-state index in [9.17, 15) is 9.59 Å². The van der Waals surface area contributed by atoms with E-state index in [4.69, 9.17) is 17.3 Å². The number of nitrogens with zero attached hydrogens (tertiary/aromatic N) is 1. The van der Waals surface area contributed by atoms with E-state index in [1.807, 2.05) is 36.4 Å². The maximum absolute atomic E-state index is 13.2. The van der Waals surface area contributed by atoms with Crippen molar-refractivity contribution < 1.29 is 9.59 Å². The van der Waals surface area contributed by atoms with Crippen LogP contribution in [0.15, 0.2) is 42.5 Å².